The number of carbonyl (C=O) groups excluding carboxylic acids is 5. The molecule has 0 aromatic carbocycles. The Bertz CT molecular complexity index is 1390. The predicted octanol–water partition coefficient (Wildman–Crippen LogP) is 10.9. The first-order chi connectivity index (χ1) is 23.6. The van der Waals surface area contributed by atoms with Gasteiger partial charge in [-0.15, -0.1) is 0 Å². The summed E-state index contributed by atoms with van der Waals surface area (Å²) in [5.41, 5.74) is -3.15. The van der Waals surface area contributed by atoms with Crippen molar-refractivity contribution in [2.45, 2.75) is 199 Å². The quantitative estimate of drug-likeness (QED) is 0.114. The summed E-state index contributed by atoms with van der Waals surface area (Å²) in [6.45, 7) is 9.57. The van der Waals surface area contributed by atoms with Gasteiger partial charge in [0.15, 0.2) is 0 Å². The van der Waals surface area contributed by atoms with Crippen molar-refractivity contribution in [2.24, 2.45) is 70.0 Å². The lowest BCUT2D eigenvalue weighted by Gasteiger charge is -2.59. The standard InChI is InChI=1S/C41H58O9.6CH4/c1-22-32(35(44)48-34(22)43)20-39(3,37(46)50-41(5)29-15-25-10-26(17-29)18-30(41)16-25)21-38(2)19-31(47-36(38)45)7-6-8-33(42)49-40(4)27-11-23-9-24(13-27)14-28(40)12-23;;;;;;/h22-32H,6-21H2,1-5H3;6*1H4. The highest BCUT2D eigenvalue weighted by Gasteiger charge is 2.61. The maximum Gasteiger partial charge on any atom is 0.317 e. The van der Waals surface area contributed by atoms with Crippen LogP contribution >= 0.6 is 0 Å². The van der Waals surface area contributed by atoms with Gasteiger partial charge in [0.05, 0.1) is 22.7 Å². The highest BCUT2D eigenvalue weighted by molar-refractivity contribution is 5.96. The molecule has 2 saturated heterocycles. The Morgan fingerprint density at radius 2 is 1.14 bits per heavy atom. The third-order valence-corrected chi connectivity index (χ3v) is 15.9. The van der Waals surface area contributed by atoms with E-state index in [9.17, 15) is 24.0 Å². The zero-order valence-corrected chi connectivity index (χ0v) is 30.8. The van der Waals surface area contributed by atoms with Gasteiger partial charge in [-0.25, -0.2) is 0 Å². The zero-order chi connectivity index (χ0) is 35.4. The third-order valence-electron chi connectivity index (χ3n) is 15.9. The molecule has 8 bridgehead atoms. The molecule has 5 unspecified atom stereocenters. The van der Waals surface area contributed by atoms with Gasteiger partial charge in [0, 0.05) is 12.8 Å². The molecule has 0 N–H and O–H groups in total. The maximum atomic E-state index is 14.5. The number of carbonyl (C=O) groups is 5. The minimum Gasteiger partial charge on any atom is -0.462 e. The molecule has 56 heavy (non-hydrogen) atoms. The van der Waals surface area contributed by atoms with E-state index in [1.807, 2.05) is 6.92 Å². The van der Waals surface area contributed by atoms with Crippen LogP contribution in [0.4, 0.5) is 0 Å². The van der Waals surface area contributed by atoms with Crippen molar-refractivity contribution < 1.29 is 42.9 Å². The molecule has 2 aliphatic heterocycles. The van der Waals surface area contributed by atoms with Gasteiger partial charge in [-0.2, -0.15) is 0 Å². The summed E-state index contributed by atoms with van der Waals surface area (Å²) in [7, 11) is 0. The highest BCUT2D eigenvalue weighted by atomic mass is 16.6. The van der Waals surface area contributed by atoms with E-state index in [1.165, 1.54) is 38.5 Å². The number of rotatable bonds is 11. The molecule has 9 nitrogen and oxygen atoms in total. The molecule has 10 fully saturated rings. The van der Waals surface area contributed by atoms with E-state index in [2.05, 4.69) is 13.8 Å². The molecule has 0 spiro atoms. The predicted molar refractivity (Wildman–Crippen MR) is 221 cm³/mol. The number of esters is 5. The molecule has 0 aromatic rings. The summed E-state index contributed by atoms with van der Waals surface area (Å²) < 4.78 is 23.8. The molecule has 0 radical (unpaired) electrons. The van der Waals surface area contributed by atoms with Crippen LogP contribution in [-0.2, 0) is 42.9 Å². The van der Waals surface area contributed by atoms with Crippen LogP contribution in [0.3, 0.4) is 0 Å². The van der Waals surface area contributed by atoms with Crippen LogP contribution in [0.5, 0.6) is 0 Å². The van der Waals surface area contributed by atoms with Gasteiger partial charge in [-0.1, -0.05) is 51.5 Å². The largest absolute Gasteiger partial charge is 0.462 e. The molecule has 2 heterocycles. The minimum absolute atomic E-state index is 0. The Hall–Kier alpha value is -2.45. The van der Waals surface area contributed by atoms with E-state index in [1.54, 1.807) is 13.8 Å². The van der Waals surface area contributed by atoms with Crippen LogP contribution in [0.1, 0.15) is 182 Å². The summed E-state index contributed by atoms with van der Waals surface area (Å²) in [5, 5.41) is 0. The summed E-state index contributed by atoms with van der Waals surface area (Å²) in [4.78, 5) is 66.5. The lowest BCUT2D eigenvalue weighted by atomic mass is 9.50. The average molecular weight is 791 g/mol. The summed E-state index contributed by atoms with van der Waals surface area (Å²) in [6.07, 6.45) is 13.3. The third kappa shape index (κ3) is 8.36. The van der Waals surface area contributed by atoms with E-state index in [-0.39, 0.29) is 87.5 Å². The summed E-state index contributed by atoms with van der Waals surface area (Å²) in [6, 6.07) is 0. The molecule has 10 aliphatic rings. The van der Waals surface area contributed by atoms with Gasteiger partial charge < -0.3 is 18.9 Å². The fourth-order valence-electron chi connectivity index (χ4n) is 13.4. The van der Waals surface area contributed by atoms with Crippen molar-refractivity contribution in [1.82, 2.24) is 0 Å². The van der Waals surface area contributed by atoms with E-state index >= 15 is 0 Å². The van der Waals surface area contributed by atoms with E-state index in [0.29, 0.717) is 54.8 Å². The first kappa shape index (κ1) is 49.7. The first-order valence-electron chi connectivity index (χ1n) is 20.0. The smallest absolute Gasteiger partial charge is 0.317 e. The lowest BCUT2D eigenvalue weighted by Crippen LogP contribution is -2.59. The number of cyclic esters (lactones) is 3. The van der Waals surface area contributed by atoms with Gasteiger partial charge >= 0.3 is 29.8 Å². The van der Waals surface area contributed by atoms with Gasteiger partial charge in [-0.3, -0.25) is 24.0 Å². The van der Waals surface area contributed by atoms with Crippen molar-refractivity contribution in [3.8, 4) is 0 Å². The summed E-state index contributed by atoms with van der Waals surface area (Å²) in [5.74, 6) is 1.02. The average Bonchev–Trinajstić information content (AvgIpc) is 3.44. The van der Waals surface area contributed by atoms with Crippen molar-refractivity contribution in [3.05, 3.63) is 0 Å². The van der Waals surface area contributed by atoms with E-state index in [4.69, 9.17) is 18.9 Å². The fraction of sp³-hybridized carbons (Fsp3) is 0.894. The Labute approximate surface area is 341 Å². The number of ether oxygens (including phenoxy) is 4. The van der Waals surface area contributed by atoms with Crippen LogP contribution in [0, 0.1) is 70.0 Å². The minimum atomic E-state index is -1.22. The summed E-state index contributed by atoms with van der Waals surface area (Å²) >= 11 is 0. The van der Waals surface area contributed by atoms with Crippen molar-refractivity contribution >= 4 is 29.8 Å². The first-order valence-corrected chi connectivity index (χ1v) is 20.0. The van der Waals surface area contributed by atoms with Gasteiger partial charge in [0.25, 0.3) is 0 Å². The Morgan fingerprint density at radius 3 is 1.57 bits per heavy atom. The normalized spacial score (nSPS) is 42.9. The van der Waals surface area contributed by atoms with E-state index in [0.717, 1.165) is 37.5 Å². The highest BCUT2D eigenvalue weighted by Crippen LogP contribution is 2.61. The number of hydrogen-bond acceptors (Lipinski definition) is 9. The van der Waals surface area contributed by atoms with Gasteiger partial charge in [0.1, 0.15) is 17.3 Å². The number of hydrogen-bond donors (Lipinski definition) is 0. The Balaban J connectivity index is 0.00000180. The SMILES string of the molecule is C.C.C.C.C.C.CC1C(=O)OC(=O)C1CC(C)(CC1(C)CC(CCCC(=O)OC2(C)C3CC4CC(C3)CC2C4)OC1=O)C(=O)OC1(C)C2CC3CC(C2)CC1C3. The van der Waals surface area contributed by atoms with E-state index < -0.39 is 46.2 Å². The van der Waals surface area contributed by atoms with Crippen LogP contribution < -0.4 is 0 Å². The van der Waals surface area contributed by atoms with Crippen molar-refractivity contribution in [1.29, 1.82) is 0 Å². The second-order valence-electron chi connectivity index (χ2n) is 19.6. The molecule has 324 valence electrons. The van der Waals surface area contributed by atoms with Gasteiger partial charge in [0.2, 0.25) is 0 Å². The fourth-order valence-corrected chi connectivity index (χ4v) is 13.4. The lowest BCUT2D eigenvalue weighted by molar-refractivity contribution is -0.214. The molecule has 9 heteroatoms. The molecule has 8 aliphatic carbocycles. The monoisotopic (exact) mass is 791 g/mol. The second-order valence-corrected chi connectivity index (χ2v) is 19.6. The molecule has 0 amide bonds. The Kier molecular flexibility index (Phi) is 15.5. The molecule has 0 aromatic heterocycles. The van der Waals surface area contributed by atoms with Crippen molar-refractivity contribution in [3.63, 3.8) is 0 Å². The van der Waals surface area contributed by atoms with Crippen LogP contribution in [-0.4, -0.2) is 47.2 Å². The van der Waals surface area contributed by atoms with Crippen LogP contribution in [0.2, 0.25) is 0 Å². The topological polar surface area (TPSA) is 122 Å². The van der Waals surface area contributed by atoms with Crippen LogP contribution in [0.15, 0.2) is 0 Å². The zero-order valence-electron chi connectivity index (χ0n) is 30.8. The maximum absolute atomic E-state index is 14.5. The molecular formula is C47H82O9. The molecular weight excluding hydrogens is 709 g/mol. The van der Waals surface area contributed by atoms with Crippen LogP contribution in [0.25, 0.3) is 0 Å². The second kappa shape index (κ2) is 17.4. The molecule has 5 atom stereocenters. The van der Waals surface area contributed by atoms with Crippen molar-refractivity contribution in [2.75, 3.05) is 0 Å². The Morgan fingerprint density at radius 1 is 0.696 bits per heavy atom. The molecule has 8 saturated carbocycles. The van der Waals surface area contributed by atoms with Gasteiger partial charge in [-0.05, 0) is 165 Å². The molecule has 10 rings (SSSR count).